The number of hydrogen-bond acceptors (Lipinski definition) is 4. The summed E-state index contributed by atoms with van der Waals surface area (Å²) in [4.78, 5) is 25.1. The fraction of sp³-hybridized carbons (Fsp3) is 0.958. The van der Waals surface area contributed by atoms with Crippen LogP contribution < -0.4 is 34.7 Å². The number of carbonyl (C=O) groups excluding carboxylic acids is 2. The Morgan fingerprint density at radius 2 is 0.667 bits per heavy atom. The molecule has 0 saturated carbocycles. The number of rotatable bonds is 46. The summed E-state index contributed by atoms with van der Waals surface area (Å²) in [5.74, 6) is 2.21. The van der Waals surface area contributed by atoms with Gasteiger partial charge in [-0.1, -0.05) is 219 Å². The molecule has 0 bridgehead atoms. The maximum absolute atomic E-state index is 12.6. The Bertz CT molecular complexity index is 739. The Morgan fingerprint density at radius 1 is 0.389 bits per heavy atom. The van der Waals surface area contributed by atoms with Gasteiger partial charge < -0.3 is 14.8 Å². The van der Waals surface area contributed by atoms with E-state index in [1.54, 1.807) is 0 Å². The summed E-state index contributed by atoms with van der Waals surface area (Å²) < 4.78 is 0. The Morgan fingerprint density at radius 3 is 0.981 bits per heavy atom. The van der Waals surface area contributed by atoms with Gasteiger partial charge in [-0.15, -0.1) is 0 Å². The molecule has 0 unspecified atom stereocenters. The molecule has 0 aromatic carbocycles. The Labute approximate surface area is 365 Å². The van der Waals surface area contributed by atoms with E-state index in [-0.39, 0.29) is 36.0 Å². The van der Waals surface area contributed by atoms with Crippen LogP contribution in [0.1, 0.15) is 271 Å². The van der Waals surface area contributed by atoms with Crippen molar-refractivity contribution in [3.05, 3.63) is 0 Å². The van der Waals surface area contributed by atoms with Crippen molar-refractivity contribution >= 4 is 23.6 Å². The van der Waals surface area contributed by atoms with Gasteiger partial charge in [-0.2, -0.15) is 11.8 Å². The molecule has 0 rings (SSSR count). The van der Waals surface area contributed by atoms with E-state index in [0.29, 0.717) is 5.91 Å². The number of thioether (sulfide) groups is 1. The molecule has 0 radical (unpaired) electrons. The van der Waals surface area contributed by atoms with Crippen molar-refractivity contribution in [3.63, 3.8) is 0 Å². The van der Waals surface area contributed by atoms with Crippen molar-refractivity contribution in [1.29, 1.82) is 0 Å². The number of carboxylic acids is 1. The van der Waals surface area contributed by atoms with Gasteiger partial charge in [-0.05, 0) is 57.0 Å². The number of amides is 1. The second-order valence-corrected chi connectivity index (χ2v) is 17.8. The normalized spacial score (nSPS) is 11.2. The van der Waals surface area contributed by atoms with Crippen LogP contribution in [-0.2, 0) is 9.59 Å². The van der Waals surface area contributed by atoms with Crippen molar-refractivity contribution in [2.45, 2.75) is 271 Å². The van der Waals surface area contributed by atoms with Crippen molar-refractivity contribution < 1.29 is 44.3 Å². The summed E-state index contributed by atoms with van der Waals surface area (Å²) in [5.41, 5.74) is 0. The predicted molar refractivity (Wildman–Crippen MR) is 235 cm³/mol. The second kappa shape index (κ2) is 49.4. The van der Waals surface area contributed by atoms with E-state index in [4.69, 9.17) is 0 Å². The third kappa shape index (κ3) is 46.7. The molecule has 0 fully saturated rings. The van der Waals surface area contributed by atoms with Crippen molar-refractivity contribution in [2.75, 3.05) is 24.6 Å². The fourth-order valence-electron chi connectivity index (χ4n) is 7.71. The van der Waals surface area contributed by atoms with Gasteiger partial charge in [0.1, 0.15) is 0 Å². The van der Waals surface area contributed by atoms with Crippen LogP contribution in [0, 0.1) is 0 Å². The van der Waals surface area contributed by atoms with Crippen molar-refractivity contribution in [3.8, 4) is 0 Å². The average Bonchev–Trinajstić information content (AvgIpc) is 3.15. The fourth-order valence-corrected chi connectivity index (χ4v) is 8.73. The molecule has 4 nitrogen and oxygen atoms in total. The van der Waals surface area contributed by atoms with Crippen LogP contribution in [0.2, 0.25) is 0 Å². The minimum absolute atomic E-state index is 0. The smallest absolute Gasteiger partial charge is 0.550 e. The van der Waals surface area contributed by atoms with Crippen LogP contribution in [0.3, 0.4) is 0 Å². The van der Waals surface area contributed by atoms with Gasteiger partial charge in [0.05, 0.1) is 0 Å². The van der Waals surface area contributed by atoms with Crippen LogP contribution in [0.5, 0.6) is 0 Å². The minimum atomic E-state index is -0.929. The monoisotopic (exact) mass is 788 g/mol. The van der Waals surface area contributed by atoms with E-state index in [0.717, 1.165) is 51.6 Å². The van der Waals surface area contributed by atoms with Crippen LogP contribution in [-0.4, -0.2) is 41.4 Å². The SMILES string of the molecule is CCCCCCCCCCCCSCCCCCCCCCCCCCCCCCCCCCCC(=O)N(CC)CCCCCCCCCCC(=O)[O-].[Na+]. The molecule has 316 valence electrons. The maximum atomic E-state index is 12.6. The topological polar surface area (TPSA) is 60.4 Å². The number of carbonyl (C=O) groups is 2. The summed E-state index contributed by atoms with van der Waals surface area (Å²) in [6.45, 7) is 6.14. The molecule has 0 aliphatic carbocycles. The van der Waals surface area contributed by atoms with Crippen molar-refractivity contribution in [1.82, 2.24) is 4.90 Å². The average molecular weight is 788 g/mol. The summed E-state index contributed by atoms with van der Waals surface area (Å²) in [5, 5.41) is 10.4. The van der Waals surface area contributed by atoms with Gasteiger partial charge in [0.2, 0.25) is 5.91 Å². The number of aliphatic carboxylic acids is 1. The molecule has 6 heteroatoms. The summed E-state index contributed by atoms with van der Waals surface area (Å²) in [6.07, 6.45) is 52.0. The van der Waals surface area contributed by atoms with Gasteiger partial charge in [0.15, 0.2) is 0 Å². The predicted octanol–water partition coefficient (Wildman–Crippen LogP) is 11.9. The maximum Gasteiger partial charge on any atom is 1.00 e. The van der Waals surface area contributed by atoms with E-state index in [9.17, 15) is 14.7 Å². The van der Waals surface area contributed by atoms with Crippen LogP contribution >= 0.6 is 11.8 Å². The summed E-state index contributed by atoms with van der Waals surface area (Å²) in [7, 11) is 0. The van der Waals surface area contributed by atoms with Gasteiger partial charge in [0.25, 0.3) is 0 Å². The number of unbranched alkanes of at least 4 members (excludes halogenated alkanes) is 35. The Kier molecular flexibility index (Phi) is 51.6. The molecule has 0 aliphatic rings. The molecular formula is C48H94NNaO3S. The molecule has 0 aromatic rings. The van der Waals surface area contributed by atoms with Gasteiger partial charge in [-0.3, -0.25) is 4.79 Å². The molecule has 1 amide bonds. The Hall–Kier alpha value is 0.290. The van der Waals surface area contributed by atoms with Gasteiger partial charge >= 0.3 is 29.6 Å². The van der Waals surface area contributed by atoms with E-state index in [1.165, 1.54) is 223 Å². The molecule has 0 aliphatic heterocycles. The second-order valence-electron chi connectivity index (χ2n) is 16.5. The van der Waals surface area contributed by atoms with Gasteiger partial charge in [-0.25, -0.2) is 0 Å². The van der Waals surface area contributed by atoms with Crippen LogP contribution in [0.4, 0.5) is 0 Å². The van der Waals surface area contributed by atoms with E-state index < -0.39 is 5.97 Å². The first-order chi connectivity index (χ1) is 26.1. The summed E-state index contributed by atoms with van der Waals surface area (Å²) >= 11 is 2.21. The van der Waals surface area contributed by atoms with Gasteiger partial charge in [0, 0.05) is 25.5 Å². The molecule has 0 saturated heterocycles. The van der Waals surface area contributed by atoms with E-state index in [2.05, 4.69) is 30.5 Å². The minimum Gasteiger partial charge on any atom is -0.550 e. The van der Waals surface area contributed by atoms with Crippen LogP contribution in [0.15, 0.2) is 0 Å². The molecule has 54 heavy (non-hydrogen) atoms. The zero-order chi connectivity index (χ0) is 38.6. The largest absolute Gasteiger partial charge is 1.00 e. The number of carboxylic acid groups (broad SMARTS) is 1. The quantitative estimate of drug-likeness (QED) is 0.0455. The standard InChI is InChI=1S/C48H95NO3S.Na/c1-3-5-6-7-8-9-25-30-35-40-45-53-46-41-36-31-26-21-19-17-15-13-11-10-12-14-16-18-20-22-27-32-37-42-47(50)49(4-2)44-39-34-29-24-23-28-33-38-43-48(51)52;/h3-46H2,1-2H3,(H,51,52);/q;+1/p-1. The zero-order valence-corrected chi connectivity index (χ0v) is 40.0. The third-order valence-electron chi connectivity index (χ3n) is 11.4. The molecule has 0 heterocycles. The van der Waals surface area contributed by atoms with E-state index >= 15 is 0 Å². The van der Waals surface area contributed by atoms with Crippen molar-refractivity contribution in [2.24, 2.45) is 0 Å². The first kappa shape index (κ1) is 56.4. The first-order valence-corrected chi connectivity index (χ1v) is 25.3. The number of nitrogens with zero attached hydrogens (tertiary/aromatic N) is 1. The first-order valence-electron chi connectivity index (χ1n) is 24.2. The zero-order valence-electron chi connectivity index (χ0n) is 37.2. The third-order valence-corrected chi connectivity index (χ3v) is 12.5. The number of hydrogen-bond donors (Lipinski definition) is 0. The molecule has 0 aromatic heterocycles. The molecular weight excluding hydrogens is 694 g/mol. The molecule has 0 spiro atoms. The Balaban J connectivity index is 0. The molecule has 0 N–H and O–H groups in total. The molecule has 0 atom stereocenters. The summed E-state index contributed by atoms with van der Waals surface area (Å²) in [6, 6.07) is 0. The van der Waals surface area contributed by atoms with E-state index in [1.807, 2.05) is 0 Å². The van der Waals surface area contributed by atoms with Crippen LogP contribution in [0.25, 0.3) is 0 Å².